The van der Waals surface area contributed by atoms with Gasteiger partial charge in [0.05, 0.1) is 24.3 Å². The molecular weight excluding hydrogens is 580 g/mol. The third-order valence-corrected chi connectivity index (χ3v) is 11.0. The fourth-order valence-electron chi connectivity index (χ4n) is 8.05. The number of aliphatic hydroxyl groups is 2. The van der Waals surface area contributed by atoms with E-state index >= 15 is 0 Å². The van der Waals surface area contributed by atoms with Crippen molar-refractivity contribution in [2.75, 3.05) is 38.2 Å². The van der Waals surface area contributed by atoms with Crippen LogP contribution in [0.15, 0.2) is 48.6 Å². The highest BCUT2D eigenvalue weighted by Gasteiger charge is 2.51. The Morgan fingerprint density at radius 1 is 1.18 bits per heavy atom. The van der Waals surface area contributed by atoms with Gasteiger partial charge in [-0.3, -0.25) is 4.79 Å². The third kappa shape index (κ3) is 5.29. The molecule has 1 amide bonds. The lowest BCUT2D eigenvalue weighted by atomic mass is 9.68. The third-order valence-electron chi connectivity index (χ3n) is 10.7. The van der Waals surface area contributed by atoms with E-state index < -0.39 is 29.5 Å². The summed E-state index contributed by atoms with van der Waals surface area (Å²) >= 11 is 6.40. The summed E-state index contributed by atoms with van der Waals surface area (Å²) in [6, 6.07) is 11.2. The number of aryl methyl sites for hydroxylation is 1. The predicted octanol–water partition coefficient (Wildman–Crippen LogP) is 4.92. The Kier molecular flexibility index (Phi) is 8.46. The second-order valence-electron chi connectivity index (χ2n) is 13.3. The van der Waals surface area contributed by atoms with Crippen LogP contribution in [0.4, 0.5) is 5.69 Å². The number of hydrogen-bond donors (Lipinski definition) is 3. The highest BCUT2D eigenvalue weighted by Crippen LogP contribution is 2.48. The van der Waals surface area contributed by atoms with Gasteiger partial charge in [0.1, 0.15) is 5.75 Å². The van der Waals surface area contributed by atoms with E-state index in [1.54, 1.807) is 32.2 Å². The van der Waals surface area contributed by atoms with Crippen LogP contribution in [-0.4, -0.2) is 71.5 Å². The molecule has 2 heterocycles. The van der Waals surface area contributed by atoms with Crippen LogP contribution in [-0.2, 0) is 27.0 Å². The van der Waals surface area contributed by atoms with E-state index in [9.17, 15) is 24.9 Å². The standard InChI is InChI=1S/C35H43ClN2O6/c1-3-27-32(40)37(2)16-5-4-8-30(39)26-12-9-23(26)19-38-20-34(15-6-7-22-17-25(36)11-13-28(22)34)21-44-31-14-10-24(18-29(31)38)35(27,43)33(41)42/h4,8,10-11,13-14,17-18,23,26-27,30,39,43H,3,5-7,9,12,15-16,19-21H2,1-2H3,(H,41,42)/t23-,26+,27-,30-,34-,35+/m0/s1. The van der Waals surface area contributed by atoms with Crippen LogP contribution in [0.2, 0.25) is 5.02 Å². The number of carboxylic acid groups (broad SMARTS) is 1. The number of rotatable bonds is 2. The lowest BCUT2D eigenvalue weighted by Gasteiger charge is -2.45. The maximum absolute atomic E-state index is 13.6. The van der Waals surface area contributed by atoms with Crippen molar-refractivity contribution in [3.63, 3.8) is 0 Å². The minimum Gasteiger partial charge on any atom is -0.490 e. The largest absolute Gasteiger partial charge is 0.490 e. The molecule has 0 radical (unpaired) electrons. The van der Waals surface area contributed by atoms with Crippen molar-refractivity contribution < 1.29 is 29.6 Å². The minimum atomic E-state index is -2.43. The lowest BCUT2D eigenvalue weighted by molar-refractivity contribution is -0.173. The van der Waals surface area contributed by atoms with Crippen molar-refractivity contribution in [2.45, 2.75) is 69.0 Å². The maximum atomic E-state index is 13.6. The highest BCUT2D eigenvalue weighted by atomic mass is 35.5. The number of halogens is 1. The number of anilines is 1. The molecule has 2 aliphatic heterocycles. The van der Waals surface area contributed by atoms with E-state index in [1.165, 1.54) is 16.0 Å². The summed E-state index contributed by atoms with van der Waals surface area (Å²) in [6.07, 6.45) is 8.60. The number of fused-ring (bicyclic) bond motifs is 4. The van der Waals surface area contributed by atoms with Gasteiger partial charge in [0.15, 0.2) is 5.60 Å². The Labute approximate surface area is 264 Å². The Morgan fingerprint density at radius 3 is 2.73 bits per heavy atom. The summed E-state index contributed by atoms with van der Waals surface area (Å²) in [4.78, 5) is 30.3. The Hall–Kier alpha value is -3.07. The summed E-state index contributed by atoms with van der Waals surface area (Å²) < 4.78 is 6.58. The zero-order valence-corrected chi connectivity index (χ0v) is 26.3. The number of carbonyl (C=O) groups excluding carboxylic acids is 1. The molecule has 1 fully saturated rings. The summed E-state index contributed by atoms with van der Waals surface area (Å²) in [7, 11) is 1.63. The number of aliphatic carboxylic acids is 1. The monoisotopic (exact) mass is 622 g/mol. The first-order valence-electron chi connectivity index (χ1n) is 15.9. The molecule has 0 aromatic heterocycles. The van der Waals surface area contributed by atoms with Gasteiger partial charge in [0.25, 0.3) is 0 Å². The van der Waals surface area contributed by atoms with Gasteiger partial charge in [0, 0.05) is 37.1 Å². The summed E-state index contributed by atoms with van der Waals surface area (Å²) in [6.45, 7) is 3.82. The molecule has 2 bridgehead atoms. The molecule has 2 aliphatic carbocycles. The first-order chi connectivity index (χ1) is 21.1. The topological polar surface area (TPSA) is 111 Å². The number of hydrogen-bond acceptors (Lipinski definition) is 6. The van der Waals surface area contributed by atoms with Crippen LogP contribution in [0.1, 0.15) is 62.1 Å². The molecule has 0 unspecified atom stereocenters. The molecule has 1 spiro atoms. The molecule has 1 saturated carbocycles. The fraction of sp³-hybridized carbons (Fsp3) is 0.543. The second kappa shape index (κ2) is 12.0. The van der Waals surface area contributed by atoms with Crippen LogP contribution in [0.25, 0.3) is 0 Å². The molecule has 3 N–H and O–H groups in total. The van der Waals surface area contributed by atoms with E-state index in [2.05, 4.69) is 17.0 Å². The van der Waals surface area contributed by atoms with Crippen molar-refractivity contribution in [1.82, 2.24) is 4.90 Å². The van der Waals surface area contributed by atoms with Gasteiger partial charge >= 0.3 is 5.97 Å². The number of ether oxygens (including phenoxy) is 1. The Morgan fingerprint density at radius 2 is 2.00 bits per heavy atom. The van der Waals surface area contributed by atoms with E-state index in [1.807, 2.05) is 18.2 Å². The zero-order chi connectivity index (χ0) is 31.2. The van der Waals surface area contributed by atoms with E-state index in [0.29, 0.717) is 49.1 Å². The Balaban J connectivity index is 1.49. The van der Waals surface area contributed by atoms with E-state index in [-0.39, 0.29) is 29.2 Å². The van der Waals surface area contributed by atoms with Crippen LogP contribution in [0.5, 0.6) is 5.75 Å². The molecule has 236 valence electrons. The molecule has 8 nitrogen and oxygen atoms in total. The van der Waals surface area contributed by atoms with Crippen LogP contribution >= 0.6 is 11.6 Å². The average molecular weight is 623 g/mol. The number of amides is 1. The SMILES string of the molecule is CC[C@H]1C(=O)N(C)CCC=C[C@H](O)[C@@H]2CC[C@H]2CN2C[C@@]3(CCCc4cc(Cl)ccc43)COc3ccc(cc32)[C@]1(O)C(=O)O. The molecule has 6 rings (SSSR count). The molecule has 2 aromatic rings. The quantitative estimate of drug-likeness (QED) is 0.408. The van der Waals surface area contributed by atoms with E-state index in [0.717, 1.165) is 32.1 Å². The molecule has 9 heteroatoms. The van der Waals surface area contributed by atoms with Crippen LogP contribution < -0.4 is 9.64 Å². The number of benzene rings is 2. The number of carbonyl (C=O) groups is 2. The average Bonchev–Trinajstić information content (AvgIpc) is 3.13. The number of carboxylic acids is 1. The number of nitrogens with zero attached hydrogens (tertiary/aromatic N) is 2. The summed E-state index contributed by atoms with van der Waals surface area (Å²) in [5.74, 6) is -2.13. The molecular formula is C35H43ClN2O6. The van der Waals surface area contributed by atoms with Gasteiger partial charge in [-0.05, 0) is 97.7 Å². The van der Waals surface area contributed by atoms with Gasteiger partial charge in [0.2, 0.25) is 5.91 Å². The minimum absolute atomic E-state index is 0.100. The normalized spacial score (nSPS) is 32.2. The van der Waals surface area contributed by atoms with Crippen molar-refractivity contribution in [3.8, 4) is 5.75 Å². The molecule has 0 saturated heterocycles. The highest BCUT2D eigenvalue weighted by molar-refractivity contribution is 6.30. The lowest BCUT2D eigenvalue weighted by Crippen LogP contribution is -2.51. The zero-order valence-electron chi connectivity index (χ0n) is 25.5. The van der Waals surface area contributed by atoms with Crippen molar-refractivity contribution in [2.24, 2.45) is 17.8 Å². The first-order valence-corrected chi connectivity index (χ1v) is 16.3. The summed E-state index contributed by atoms with van der Waals surface area (Å²) in [5.41, 5.74) is 0.575. The van der Waals surface area contributed by atoms with Gasteiger partial charge in [-0.2, -0.15) is 0 Å². The Bertz CT molecular complexity index is 1460. The van der Waals surface area contributed by atoms with Gasteiger partial charge < -0.3 is 29.9 Å². The smallest absolute Gasteiger partial charge is 0.341 e. The van der Waals surface area contributed by atoms with Gasteiger partial charge in [-0.15, -0.1) is 0 Å². The second-order valence-corrected chi connectivity index (χ2v) is 13.7. The van der Waals surface area contributed by atoms with E-state index in [4.69, 9.17) is 16.3 Å². The fourth-order valence-corrected chi connectivity index (χ4v) is 8.25. The van der Waals surface area contributed by atoms with Crippen LogP contribution in [0, 0.1) is 17.8 Å². The molecule has 6 atom stereocenters. The molecule has 44 heavy (non-hydrogen) atoms. The van der Waals surface area contributed by atoms with Gasteiger partial charge in [-0.25, -0.2) is 4.79 Å². The molecule has 2 aromatic carbocycles. The van der Waals surface area contributed by atoms with Crippen molar-refractivity contribution in [1.29, 1.82) is 0 Å². The summed E-state index contributed by atoms with van der Waals surface area (Å²) in [5, 5.41) is 34.3. The molecule has 4 aliphatic rings. The first kappa shape index (κ1) is 30.9. The maximum Gasteiger partial charge on any atom is 0.341 e. The van der Waals surface area contributed by atoms with Crippen LogP contribution in [0.3, 0.4) is 0 Å². The van der Waals surface area contributed by atoms with Crippen molar-refractivity contribution >= 4 is 29.2 Å². The van der Waals surface area contributed by atoms with Gasteiger partial charge in [-0.1, -0.05) is 42.8 Å². The predicted molar refractivity (Wildman–Crippen MR) is 169 cm³/mol. The van der Waals surface area contributed by atoms with Crippen molar-refractivity contribution in [3.05, 3.63) is 70.3 Å². The number of aliphatic hydroxyl groups excluding tert-OH is 1.